The molecule has 1 atom stereocenters. The van der Waals surface area contributed by atoms with Gasteiger partial charge in [0.25, 0.3) is 10.0 Å². The molecular formula is C34H32Cl2F3N3O4S. The Kier molecular flexibility index (Phi) is 11.9. The molecule has 0 aliphatic carbocycles. The monoisotopic (exact) mass is 705 g/mol. The predicted molar refractivity (Wildman–Crippen MR) is 177 cm³/mol. The Balaban J connectivity index is 1.84. The number of halogens is 5. The molecule has 0 saturated carbocycles. The van der Waals surface area contributed by atoms with Crippen LogP contribution in [0.4, 0.5) is 18.9 Å². The lowest BCUT2D eigenvalue weighted by Gasteiger charge is -2.34. The van der Waals surface area contributed by atoms with E-state index in [0.29, 0.717) is 28.9 Å². The number of sulfonamides is 1. The number of carbonyl (C=O) groups excluding carboxylic acids is 2. The summed E-state index contributed by atoms with van der Waals surface area (Å²) >= 11 is 12.4. The van der Waals surface area contributed by atoms with Crippen molar-refractivity contribution < 1.29 is 31.2 Å². The van der Waals surface area contributed by atoms with E-state index in [4.69, 9.17) is 23.2 Å². The molecule has 0 aliphatic heterocycles. The van der Waals surface area contributed by atoms with Gasteiger partial charge in [0, 0.05) is 19.5 Å². The highest BCUT2D eigenvalue weighted by atomic mass is 35.5. The number of benzene rings is 4. The fourth-order valence-corrected chi connectivity index (χ4v) is 6.59. The van der Waals surface area contributed by atoms with Gasteiger partial charge in [-0.1, -0.05) is 90.8 Å². The first-order valence-electron chi connectivity index (χ1n) is 14.6. The molecule has 4 aromatic rings. The number of nitrogens with one attached hydrogen (secondary N) is 1. The molecule has 0 saturated heterocycles. The lowest BCUT2D eigenvalue weighted by atomic mass is 10.0. The Morgan fingerprint density at radius 3 is 2.11 bits per heavy atom. The molecule has 0 fully saturated rings. The molecule has 2 amide bonds. The Morgan fingerprint density at radius 1 is 0.830 bits per heavy atom. The highest BCUT2D eigenvalue weighted by molar-refractivity contribution is 7.92. The number of rotatable bonds is 13. The lowest BCUT2D eigenvalue weighted by Crippen LogP contribution is -2.53. The molecule has 0 bridgehead atoms. The summed E-state index contributed by atoms with van der Waals surface area (Å²) in [5.41, 5.74) is -0.251. The zero-order chi connectivity index (χ0) is 34.2. The number of amides is 2. The largest absolute Gasteiger partial charge is 0.416 e. The van der Waals surface area contributed by atoms with Crippen molar-refractivity contribution in [1.29, 1.82) is 0 Å². The predicted octanol–water partition coefficient (Wildman–Crippen LogP) is 7.37. The lowest BCUT2D eigenvalue weighted by molar-refractivity contribution is -0.140. The average Bonchev–Trinajstić information content (AvgIpc) is 3.06. The van der Waals surface area contributed by atoms with E-state index in [0.717, 1.165) is 17.7 Å². The number of hydrogen-bond donors (Lipinski definition) is 1. The van der Waals surface area contributed by atoms with Crippen LogP contribution in [0.15, 0.2) is 108 Å². The van der Waals surface area contributed by atoms with E-state index in [1.807, 2.05) is 6.92 Å². The molecule has 0 heterocycles. The summed E-state index contributed by atoms with van der Waals surface area (Å²) in [5.74, 6) is -1.32. The van der Waals surface area contributed by atoms with Gasteiger partial charge in [-0.2, -0.15) is 13.2 Å². The Morgan fingerprint density at radius 2 is 1.49 bits per heavy atom. The molecule has 47 heavy (non-hydrogen) atoms. The number of carbonyl (C=O) groups is 2. The number of hydrogen-bond acceptors (Lipinski definition) is 4. The van der Waals surface area contributed by atoms with E-state index in [9.17, 15) is 31.2 Å². The van der Waals surface area contributed by atoms with Gasteiger partial charge in [0.05, 0.1) is 26.2 Å². The van der Waals surface area contributed by atoms with Gasteiger partial charge in [0.1, 0.15) is 12.6 Å². The van der Waals surface area contributed by atoms with Crippen molar-refractivity contribution >= 4 is 50.7 Å². The zero-order valence-corrected chi connectivity index (χ0v) is 27.6. The highest BCUT2D eigenvalue weighted by Crippen LogP contribution is 2.33. The van der Waals surface area contributed by atoms with Crippen molar-refractivity contribution in [2.24, 2.45) is 0 Å². The summed E-state index contributed by atoms with van der Waals surface area (Å²) < 4.78 is 69.8. The Labute approximate surface area is 282 Å². The smallest absolute Gasteiger partial charge is 0.354 e. The van der Waals surface area contributed by atoms with Crippen LogP contribution in [0.3, 0.4) is 0 Å². The summed E-state index contributed by atoms with van der Waals surface area (Å²) in [6.07, 6.45) is -4.10. The van der Waals surface area contributed by atoms with Gasteiger partial charge in [0.2, 0.25) is 11.8 Å². The molecule has 0 radical (unpaired) electrons. The number of anilines is 1. The fourth-order valence-electron chi connectivity index (χ4n) is 4.84. The second-order valence-corrected chi connectivity index (χ2v) is 13.3. The molecule has 0 aromatic heterocycles. The molecule has 7 nitrogen and oxygen atoms in total. The number of nitrogens with zero attached hydrogens (tertiary/aromatic N) is 2. The van der Waals surface area contributed by atoms with Gasteiger partial charge in [0.15, 0.2) is 0 Å². The SMILES string of the molecule is CCCNC(=O)C(Cc1ccccc1)N(Cc1ccc(Cl)c(Cl)c1)C(=O)CN(c1cccc(C(F)(F)F)c1)S(=O)(=O)c1ccccc1. The van der Waals surface area contributed by atoms with Crippen LogP contribution >= 0.6 is 23.2 Å². The van der Waals surface area contributed by atoms with E-state index in [1.54, 1.807) is 42.5 Å². The molecule has 4 aromatic carbocycles. The normalized spacial score (nSPS) is 12.3. The van der Waals surface area contributed by atoms with Crippen LogP contribution in [0.2, 0.25) is 10.0 Å². The quantitative estimate of drug-likeness (QED) is 0.157. The first-order chi connectivity index (χ1) is 22.3. The Bertz CT molecular complexity index is 1790. The van der Waals surface area contributed by atoms with Gasteiger partial charge >= 0.3 is 6.18 Å². The maximum atomic E-state index is 14.4. The number of alkyl halides is 3. The minimum atomic E-state index is -4.78. The van der Waals surface area contributed by atoms with Crippen LogP contribution in [0.1, 0.15) is 30.0 Å². The van der Waals surface area contributed by atoms with Gasteiger partial charge in [-0.05, 0) is 60.0 Å². The van der Waals surface area contributed by atoms with Crippen LogP contribution in [0.5, 0.6) is 0 Å². The molecule has 1 unspecified atom stereocenters. The van der Waals surface area contributed by atoms with E-state index < -0.39 is 46.2 Å². The molecule has 4 rings (SSSR count). The topological polar surface area (TPSA) is 86.8 Å². The molecule has 248 valence electrons. The summed E-state index contributed by atoms with van der Waals surface area (Å²) in [4.78, 5) is 29.1. The molecule has 1 N–H and O–H groups in total. The maximum Gasteiger partial charge on any atom is 0.416 e. The van der Waals surface area contributed by atoms with Crippen molar-refractivity contribution in [3.63, 3.8) is 0 Å². The second kappa shape index (κ2) is 15.7. The van der Waals surface area contributed by atoms with Crippen LogP contribution < -0.4 is 9.62 Å². The molecule has 0 aliphatic rings. The maximum absolute atomic E-state index is 14.4. The molecule has 0 spiro atoms. The third-order valence-corrected chi connectivity index (χ3v) is 9.76. The Hall–Kier alpha value is -4.06. The van der Waals surface area contributed by atoms with E-state index in [-0.39, 0.29) is 33.6 Å². The standard InChI is InChI=1S/C34H32Cl2F3N3O4S/c1-2-18-40-33(44)31(20-24-10-5-3-6-11-24)41(22-25-16-17-29(35)30(36)19-25)32(43)23-42(47(45,46)28-14-7-4-8-15-28)27-13-9-12-26(21-27)34(37,38)39/h3-17,19,21,31H,2,18,20,22-23H2,1H3,(H,40,44). The summed E-state index contributed by atoms with van der Waals surface area (Å²) in [6, 6.07) is 23.3. The fraction of sp³-hybridized carbons (Fsp3) is 0.235. The van der Waals surface area contributed by atoms with E-state index in [2.05, 4.69) is 5.32 Å². The third kappa shape index (κ3) is 9.27. The van der Waals surface area contributed by atoms with Gasteiger partial charge in [-0.3, -0.25) is 13.9 Å². The van der Waals surface area contributed by atoms with Crippen molar-refractivity contribution in [3.8, 4) is 0 Å². The minimum absolute atomic E-state index is 0.0679. The van der Waals surface area contributed by atoms with Crippen LogP contribution in [0, 0.1) is 0 Å². The first-order valence-corrected chi connectivity index (χ1v) is 16.8. The van der Waals surface area contributed by atoms with Crippen LogP contribution in [-0.2, 0) is 38.8 Å². The van der Waals surface area contributed by atoms with Crippen molar-refractivity contribution in [2.75, 3.05) is 17.4 Å². The molecule has 13 heteroatoms. The van der Waals surface area contributed by atoms with Crippen LogP contribution in [0.25, 0.3) is 0 Å². The van der Waals surface area contributed by atoms with E-state index >= 15 is 0 Å². The summed E-state index contributed by atoms with van der Waals surface area (Å²) in [7, 11) is -4.57. The minimum Gasteiger partial charge on any atom is -0.354 e. The van der Waals surface area contributed by atoms with E-state index in [1.165, 1.54) is 47.4 Å². The third-order valence-electron chi connectivity index (χ3n) is 7.23. The second-order valence-electron chi connectivity index (χ2n) is 10.6. The molecular weight excluding hydrogens is 674 g/mol. The van der Waals surface area contributed by atoms with Gasteiger partial charge in [-0.25, -0.2) is 8.42 Å². The first kappa shape index (κ1) is 35.8. The van der Waals surface area contributed by atoms with Crippen LogP contribution in [-0.4, -0.2) is 44.3 Å². The average molecular weight is 707 g/mol. The van der Waals surface area contributed by atoms with Gasteiger partial charge < -0.3 is 10.2 Å². The van der Waals surface area contributed by atoms with Crippen molar-refractivity contribution in [3.05, 3.63) is 130 Å². The van der Waals surface area contributed by atoms with Crippen molar-refractivity contribution in [1.82, 2.24) is 10.2 Å². The highest BCUT2D eigenvalue weighted by Gasteiger charge is 2.36. The summed E-state index contributed by atoms with van der Waals surface area (Å²) in [6.45, 7) is 1.09. The van der Waals surface area contributed by atoms with Gasteiger partial charge in [-0.15, -0.1) is 0 Å². The zero-order valence-electron chi connectivity index (χ0n) is 25.3. The summed E-state index contributed by atoms with van der Waals surface area (Å²) in [5, 5.41) is 3.28. The van der Waals surface area contributed by atoms with Crippen molar-refractivity contribution in [2.45, 2.75) is 43.4 Å².